The Hall–Kier alpha value is -4.01. The maximum absolute atomic E-state index is 12.5. The fraction of sp³-hybridized carbons (Fsp3) is 0.227. The zero-order valence-electron chi connectivity index (χ0n) is 16.7. The summed E-state index contributed by atoms with van der Waals surface area (Å²) in [5.74, 6) is -4.44. The van der Waals surface area contributed by atoms with Crippen LogP contribution in [0.4, 0.5) is 0 Å². The Morgan fingerprint density at radius 1 is 0.806 bits per heavy atom. The first-order valence-electron chi connectivity index (χ1n) is 8.91. The van der Waals surface area contributed by atoms with E-state index in [1.54, 1.807) is 0 Å². The van der Waals surface area contributed by atoms with E-state index in [0.717, 1.165) is 18.2 Å². The van der Waals surface area contributed by atoms with E-state index in [2.05, 4.69) is 19.7 Å². The molecule has 0 aromatic heterocycles. The van der Waals surface area contributed by atoms with Gasteiger partial charge in [-0.05, 0) is 18.2 Å². The number of esters is 3. The standard InChI is InChI=1S/C22H22O9/c1-4-15(23)11-22(12-29-18(24)5-2,13-30-19(25)6-3)14-31-21(28)17-10-8-7-9-16(17)20(26)27/h4-10H,1-3,11-14H2,(H,26,27). The molecule has 1 rings (SSSR count). The van der Waals surface area contributed by atoms with Gasteiger partial charge in [0.15, 0.2) is 5.78 Å². The molecule has 0 bridgehead atoms. The topological polar surface area (TPSA) is 133 Å². The van der Waals surface area contributed by atoms with Crippen LogP contribution in [0.25, 0.3) is 0 Å². The third-order valence-corrected chi connectivity index (χ3v) is 4.04. The highest BCUT2D eigenvalue weighted by molar-refractivity contribution is 6.02. The number of hydrogen-bond donors (Lipinski definition) is 1. The Morgan fingerprint density at radius 3 is 1.74 bits per heavy atom. The van der Waals surface area contributed by atoms with Crippen molar-refractivity contribution < 1.29 is 43.3 Å². The van der Waals surface area contributed by atoms with Crippen LogP contribution in [0.2, 0.25) is 0 Å². The highest BCUT2D eigenvalue weighted by Gasteiger charge is 2.37. The fourth-order valence-electron chi connectivity index (χ4n) is 2.43. The third kappa shape index (κ3) is 7.73. The van der Waals surface area contributed by atoms with Gasteiger partial charge in [-0.15, -0.1) is 0 Å². The molecule has 0 radical (unpaired) electrons. The number of carboxylic acids is 1. The molecule has 0 atom stereocenters. The van der Waals surface area contributed by atoms with Crippen molar-refractivity contribution in [3.63, 3.8) is 0 Å². The van der Waals surface area contributed by atoms with Gasteiger partial charge in [-0.1, -0.05) is 31.9 Å². The van der Waals surface area contributed by atoms with Crippen molar-refractivity contribution in [2.24, 2.45) is 5.41 Å². The summed E-state index contributed by atoms with van der Waals surface area (Å²) < 4.78 is 15.3. The molecule has 0 unspecified atom stereocenters. The van der Waals surface area contributed by atoms with Crippen LogP contribution in [0.15, 0.2) is 62.2 Å². The maximum atomic E-state index is 12.5. The van der Waals surface area contributed by atoms with Crippen molar-refractivity contribution in [2.45, 2.75) is 6.42 Å². The highest BCUT2D eigenvalue weighted by Crippen LogP contribution is 2.26. The van der Waals surface area contributed by atoms with Gasteiger partial charge in [0.05, 0.1) is 16.5 Å². The van der Waals surface area contributed by atoms with E-state index >= 15 is 0 Å². The van der Waals surface area contributed by atoms with Crippen LogP contribution in [0, 0.1) is 5.41 Å². The molecule has 0 aliphatic heterocycles. The number of carboxylic acid groups (broad SMARTS) is 1. The predicted molar refractivity (Wildman–Crippen MR) is 108 cm³/mol. The van der Waals surface area contributed by atoms with E-state index in [-0.39, 0.29) is 17.5 Å². The summed E-state index contributed by atoms with van der Waals surface area (Å²) in [4.78, 5) is 59.0. The molecule has 1 N–H and O–H groups in total. The summed E-state index contributed by atoms with van der Waals surface area (Å²) in [5.41, 5.74) is -1.96. The largest absolute Gasteiger partial charge is 0.478 e. The van der Waals surface area contributed by atoms with E-state index in [4.69, 9.17) is 14.2 Å². The number of benzene rings is 1. The van der Waals surface area contributed by atoms with Crippen molar-refractivity contribution in [1.29, 1.82) is 0 Å². The van der Waals surface area contributed by atoms with Crippen LogP contribution in [0.1, 0.15) is 27.1 Å². The second-order valence-corrected chi connectivity index (χ2v) is 6.40. The van der Waals surface area contributed by atoms with Gasteiger partial charge in [-0.2, -0.15) is 0 Å². The minimum atomic E-state index is -1.46. The number of rotatable bonds is 13. The van der Waals surface area contributed by atoms with Gasteiger partial charge in [-0.25, -0.2) is 19.2 Å². The normalized spacial score (nSPS) is 10.3. The van der Waals surface area contributed by atoms with Gasteiger partial charge in [-0.3, -0.25) is 4.79 Å². The number of ether oxygens (including phenoxy) is 3. The molecule has 1 aromatic carbocycles. The summed E-state index contributed by atoms with van der Waals surface area (Å²) in [5, 5.41) is 9.24. The summed E-state index contributed by atoms with van der Waals surface area (Å²) in [6.45, 7) is 8.45. The number of aromatic carboxylic acids is 1. The van der Waals surface area contributed by atoms with Gasteiger partial charge in [0, 0.05) is 18.6 Å². The second-order valence-electron chi connectivity index (χ2n) is 6.40. The van der Waals surface area contributed by atoms with E-state index in [0.29, 0.717) is 0 Å². The zero-order valence-corrected chi connectivity index (χ0v) is 16.7. The van der Waals surface area contributed by atoms with E-state index in [1.807, 2.05) is 0 Å². The minimum absolute atomic E-state index is 0.217. The van der Waals surface area contributed by atoms with Gasteiger partial charge in [0.2, 0.25) is 0 Å². The predicted octanol–water partition coefficient (Wildman–Crippen LogP) is 2.13. The quantitative estimate of drug-likeness (QED) is 0.284. The molecular formula is C22H22O9. The Kier molecular flexibility index (Phi) is 9.58. The zero-order chi connectivity index (χ0) is 23.4. The van der Waals surface area contributed by atoms with Crippen LogP contribution in [0.3, 0.4) is 0 Å². The first-order chi connectivity index (χ1) is 14.7. The third-order valence-electron chi connectivity index (χ3n) is 4.04. The summed E-state index contributed by atoms with van der Waals surface area (Å²) in [7, 11) is 0. The molecule has 0 saturated heterocycles. The van der Waals surface area contributed by atoms with Crippen molar-refractivity contribution in [1.82, 2.24) is 0 Å². The van der Waals surface area contributed by atoms with E-state index < -0.39 is 54.9 Å². The molecule has 9 heteroatoms. The van der Waals surface area contributed by atoms with E-state index in [9.17, 15) is 29.1 Å². The monoisotopic (exact) mass is 430 g/mol. The van der Waals surface area contributed by atoms with Gasteiger partial charge >= 0.3 is 23.9 Å². The molecule has 31 heavy (non-hydrogen) atoms. The molecule has 0 aliphatic rings. The smallest absolute Gasteiger partial charge is 0.339 e. The lowest BCUT2D eigenvalue weighted by atomic mass is 9.85. The Morgan fingerprint density at radius 2 is 1.29 bits per heavy atom. The van der Waals surface area contributed by atoms with Gasteiger partial charge in [0.25, 0.3) is 0 Å². The first kappa shape index (κ1) is 25.0. The van der Waals surface area contributed by atoms with Crippen molar-refractivity contribution in [3.8, 4) is 0 Å². The molecule has 0 amide bonds. The SMILES string of the molecule is C=CC(=O)CC(COC(=O)C=C)(COC(=O)C=C)COC(=O)c1ccccc1C(=O)O. The highest BCUT2D eigenvalue weighted by atomic mass is 16.6. The van der Waals surface area contributed by atoms with Crippen LogP contribution >= 0.6 is 0 Å². The van der Waals surface area contributed by atoms with Crippen molar-refractivity contribution in [3.05, 3.63) is 73.4 Å². The minimum Gasteiger partial charge on any atom is -0.478 e. The van der Waals surface area contributed by atoms with Crippen molar-refractivity contribution >= 4 is 29.7 Å². The first-order valence-corrected chi connectivity index (χ1v) is 8.91. The van der Waals surface area contributed by atoms with Gasteiger partial charge in [0.1, 0.15) is 19.8 Å². The van der Waals surface area contributed by atoms with Crippen LogP contribution in [0.5, 0.6) is 0 Å². The van der Waals surface area contributed by atoms with Crippen LogP contribution in [-0.4, -0.2) is 54.6 Å². The van der Waals surface area contributed by atoms with Crippen LogP contribution in [-0.2, 0) is 28.6 Å². The molecule has 0 fully saturated rings. The Balaban J connectivity index is 3.19. The molecule has 0 saturated carbocycles. The molecule has 0 spiro atoms. The molecule has 1 aromatic rings. The molecule has 164 valence electrons. The average Bonchev–Trinajstić information content (AvgIpc) is 2.78. The number of hydrogen-bond acceptors (Lipinski definition) is 8. The molecule has 9 nitrogen and oxygen atoms in total. The summed E-state index contributed by atoms with van der Waals surface area (Å²) in [6, 6.07) is 5.38. The number of carbonyl (C=O) groups excluding carboxylic acids is 4. The molecule has 0 heterocycles. The lowest BCUT2D eigenvalue weighted by Gasteiger charge is -2.31. The molecular weight excluding hydrogens is 408 g/mol. The second kappa shape index (κ2) is 11.9. The Labute approximate surface area is 178 Å². The van der Waals surface area contributed by atoms with Gasteiger partial charge < -0.3 is 19.3 Å². The lowest BCUT2D eigenvalue weighted by Crippen LogP contribution is -2.41. The summed E-state index contributed by atoms with van der Waals surface area (Å²) >= 11 is 0. The average molecular weight is 430 g/mol. The maximum Gasteiger partial charge on any atom is 0.339 e. The number of allylic oxidation sites excluding steroid dienone is 1. The van der Waals surface area contributed by atoms with Crippen LogP contribution < -0.4 is 0 Å². The fourth-order valence-corrected chi connectivity index (χ4v) is 2.43. The number of ketones is 1. The Bertz CT molecular complexity index is 874. The molecule has 0 aliphatic carbocycles. The lowest BCUT2D eigenvalue weighted by molar-refractivity contribution is -0.152. The van der Waals surface area contributed by atoms with E-state index in [1.165, 1.54) is 24.3 Å². The van der Waals surface area contributed by atoms with Crippen molar-refractivity contribution in [2.75, 3.05) is 19.8 Å². The number of carbonyl (C=O) groups is 5. The summed E-state index contributed by atoms with van der Waals surface area (Å²) in [6.07, 6.45) is 2.45.